The lowest BCUT2D eigenvalue weighted by molar-refractivity contribution is 0.110. The largest absolute Gasteiger partial charge is 0.489 e. The van der Waals surface area contributed by atoms with Crippen LogP contribution in [0.3, 0.4) is 0 Å². The minimum Gasteiger partial charge on any atom is -0.489 e. The Hall–Kier alpha value is -1.55. The average Bonchev–Trinajstić information content (AvgIpc) is 3.08. The summed E-state index contributed by atoms with van der Waals surface area (Å²) in [6, 6.07) is 18.5. The standard InChI is InChI=1S/C19H23NO2.ClH/c1-2-5-17(6-3-1)15-22-18-10-8-16(9-11-18)13-20-14-19-7-4-12-21-19;/h1-3,5-6,8-11,19-20H,4,7,12-15H2;1H. The van der Waals surface area contributed by atoms with Crippen LogP contribution in [-0.2, 0) is 17.9 Å². The maximum Gasteiger partial charge on any atom is 0.119 e. The zero-order chi connectivity index (χ0) is 15.0. The van der Waals surface area contributed by atoms with Crippen LogP contribution < -0.4 is 10.1 Å². The summed E-state index contributed by atoms with van der Waals surface area (Å²) in [5.74, 6) is 0.909. The molecule has 0 aromatic heterocycles. The molecule has 1 atom stereocenters. The van der Waals surface area contributed by atoms with E-state index in [2.05, 4.69) is 29.6 Å². The average molecular weight is 334 g/mol. The highest BCUT2D eigenvalue weighted by Gasteiger charge is 2.14. The fourth-order valence-corrected chi connectivity index (χ4v) is 2.63. The summed E-state index contributed by atoms with van der Waals surface area (Å²) in [5, 5.41) is 3.46. The molecule has 124 valence electrons. The fraction of sp³-hybridized carbons (Fsp3) is 0.368. The maximum absolute atomic E-state index is 5.79. The van der Waals surface area contributed by atoms with Crippen LogP contribution in [0, 0.1) is 0 Å². The highest BCUT2D eigenvalue weighted by Crippen LogP contribution is 2.15. The molecule has 1 N–H and O–H groups in total. The second-order valence-electron chi connectivity index (χ2n) is 5.68. The van der Waals surface area contributed by atoms with E-state index in [0.29, 0.717) is 12.7 Å². The van der Waals surface area contributed by atoms with Crippen LogP contribution in [0.15, 0.2) is 54.6 Å². The molecule has 3 rings (SSSR count). The molecule has 4 heteroatoms. The van der Waals surface area contributed by atoms with Gasteiger partial charge in [-0.2, -0.15) is 0 Å². The zero-order valence-corrected chi connectivity index (χ0v) is 14.1. The van der Waals surface area contributed by atoms with Crippen molar-refractivity contribution in [3.8, 4) is 5.75 Å². The van der Waals surface area contributed by atoms with E-state index in [1.54, 1.807) is 0 Å². The van der Waals surface area contributed by atoms with E-state index in [4.69, 9.17) is 9.47 Å². The molecule has 1 aliphatic heterocycles. The van der Waals surface area contributed by atoms with E-state index >= 15 is 0 Å². The summed E-state index contributed by atoms with van der Waals surface area (Å²) in [6.45, 7) is 3.34. The Bertz CT molecular complexity index is 553. The molecule has 1 saturated heterocycles. The fourth-order valence-electron chi connectivity index (χ4n) is 2.63. The van der Waals surface area contributed by atoms with E-state index in [1.807, 2.05) is 30.3 Å². The Morgan fingerprint density at radius 3 is 2.48 bits per heavy atom. The van der Waals surface area contributed by atoms with Crippen LogP contribution in [0.4, 0.5) is 0 Å². The normalized spacial score (nSPS) is 16.8. The molecule has 1 fully saturated rings. The van der Waals surface area contributed by atoms with E-state index < -0.39 is 0 Å². The van der Waals surface area contributed by atoms with Crippen molar-refractivity contribution in [1.29, 1.82) is 0 Å². The smallest absolute Gasteiger partial charge is 0.119 e. The number of halogens is 1. The van der Waals surface area contributed by atoms with Crippen molar-refractivity contribution in [2.24, 2.45) is 0 Å². The Morgan fingerprint density at radius 2 is 1.78 bits per heavy atom. The van der Waals surface area contributed by atoms with Gasteiger partial charge in [0, 0.05) is 19.7 Å². The van der Waals surface area contributed by atoms with Crippen LogP contribution in [0.2, 0.25) is 0 Å². The van der Waals surface area contributed by atoms with E-state index in [1.165, 1.54) is 24.0 Å². The van der Waals surface area contributed by atoms with Crippen LogP contribution in [0.5, 0.6) is 5.75 Å². The number of benzene rings is 2. The summed E-state index contributed by atoms with van der Waals surface area (Å²) in [5.41, 5.74) is 2.45. The molecule has 1 aliphatic rings. The Balaban J connectivity index is 0.00000192. The quantitative estimate of drug-likeness (QED) is 0.832. The third-order valence-electron chi connectivity index (χ3n) is 3.90. The third kappa shape index (κ3) is 5.87. The van der Waals surface area contributed by atoms with Gasteiger partial charge in [0.05, 0.1) is 6.10 Å². The van der Waals surface area contributed by atoms with Crippen molar-refractivity contribution in [1.82, 2.24) is 5.32 Å². The Kier molecular flexibility index (Phi) is 7.40. The predicted octanol–water partition coefficient (Wildman–Crippen LogP) is 3.96. The molecule has 2 aromatic rings. The van der Waals surface area contributed by atoms with Gasteiger partial charge in [-0.05, 0) is 36.1 Å². The summed E-state index contributed by atoms with van der Waals surface area (Å²) in [4.78, 5) is 0. The lowest BCUT2D eigenvalue weighted by Crippen LogP contribution is -2.25. The number of nitrogens with one attached hydrogen (secondary N) is 1. The molecule has 2 aromatic carbocycles. The van der Waals surface area contributed by atoms with Gasteiger partial charge in [0.2, 0.25) is 0 Å². The van der Waals surface area contributed by atoms with Crippen LogP contribution >= 0.6 is 12.4 Å². The van der Waals surface area contributed by atoms with E-state index in [9.17, 15) is 0 Å². The summed E-state index contributed by atoms with van der Waals surface area (Å²) in [7, 11) is 0. The second kappa shape index (κ2) is 9.56. The number of hydrogen-bond donors (Lipinski definition) is 1. The van der Waals surface area contributed by atoms with Gasteiger partial charge in [-0.3, -0.25) is 0 Å². The lowest BCUT2D eigenvalue weighted by atomic mass is 10.2. The van der Waals surface area contributed by atoms with Gasteiger partial charge in [-0.25, -0.2) is 0 Å². The van der Waals surface area contributed by atoms with Crippen molar-refractivity contribution in [2.45, 2.75) is 32.1 Å². The monoisotopic (exact) mass is 333 g/mol. The molecule has 0 aliphatic carbocycles. The first-order valence-corrected chi connectivity index (χ1v) is 7.98. The Labute approximate surface area is 144 Å². The van der Waals surface area contributed by atoms with Gasteiger partial charge in [-0.15, -0.1) is 12.4 Å². The zero-order valence-electron chi connectivity index (χ0n) is 13.2. The molecule has 0 amide bonds. The molecule has 0 radical (unpaired) electrons. The molecule has 1 unspecified atom stereocenters. The van der Waals surface area contributed by atoms with Gasteiger partial charge in [0.25, 0.3) is 0 Å². The number of rotatable bonds is 7. The van der Waals surface area contributed by atoms with Gasteiger partial charge in [-0.1, -0.05) is 42.5 Å². The molecule has 0 bridgehead atoms. The Morgan fingerprint density at radius 1 is 1.00 bits per heavy atom. The summed E-state index contributed by atoms with van der Waals surface area (Å²) in [6.07, 6.45) is 2.77. The molecule has 0 saturated carbocycles. The minimum absolute atomic E-state index is 0. The topological polar surface area (TPSA) is 30.5 Å². The van der Waals surface area contributed by atoms with Crippen LogP contribution in [0.25, 0.3) is 0 Å². The van der Waals surface area contributed by atoms with Crippen molar-refractivity contribution in [3.05, 3.63) is 65.7 Å². The summed E-state index contributed by atoms with van der Waals surface area (Å²) >= 11 is 0. The molecule has 3 nitrogen and oxygen atoms in total. The van der Waals surface area contributed by atoms with Crippen molar-refractivity contribution in [2.75, 3.05) is 13.2 Å². The first-order chi connectivity index (χ1) is 10.9. The molecule has 1 heterocycles. The number of hydrogen-bond acceptors (Lipinski definition) is 3. The second-order valence-corrected chi connectivity index (χ2v) is 5.68. The predicted molar refractivity (Wildman–Crippen MR) is 95.1 cm³/mol. The lowest BCUT2D eigenvalue weighted by Gasteiger charge is -2.11. The van der Waals surface area contributed by atoms with Gasteiger partial charge >= 0.3 is 0 Å². The molecular formula is C19H24ClNO2. The first kappa shape index (κ1) is 17.8. The third-order valence-corrected chi connectivity index (χ3v) is 3.90. The van der Waals surface area contributed by atoms with Gasteiger partial charge in [0.1, 0.15) is 12.4 Å². The molecule has 23 heavy (non-hydrogen) atoms. The molecular weight excluding hydrogens is 310 g/mol. The van der Waals surface area contributed by atoms with Crippen molar-refractivity contribution >= 4 is 12.4 Å². The van der Waals surface area contributed by atoms with Crippen LogP contribution in [-0.4, -0.2) is 19.3 Å². The first-order valence-electron chi connectivity index (χ1n) is 7.98. The van der Waals surface area contributed by atoms with Crippen molar-refractivity contribution < 1.29 is 9.47 Å². The van der Waals surface area contributed by atoms with E-state index in [0.717, 1.165) is 25.4 Å². The highest BCUT2D eigenvalue weighted by molar-refractivity contribution is 5.85. The molecule has 0 spiro atoms. The highest BCUT2D eigenvalue weighted by atomic mass is 35.5. The maximum atomic E-state index is 5.79. The minimum atomic E-state index is 0. The van der Waals surface area contributed by atoms with Crippen molar-refractivity contribution in [3.63, 3.8) is 0 Å². The van der Waals surface area contributed by atoms with Gasteiger partial charge < -0.3 is 14.8 Å². The van der Waals surface area contributed by atoms with E-state index in [-0.39, 0.29) is 12.4 Å². The number of ether oxygens (including phenoxy) is 2. The van der Waals surface area contributed by atoms with Crippen LogP contribution in [0.1, 0.15) is 24.0 Å². The SMILES string of the molecule is Cl.c1ccc(COc2ccc(CNCC3CCCO3)cc2)cc1. The van der Waals surface area contributed by atoms with Gasteiger partial charge in [0.15, 0.2) is 0 Å². The summed E-state index contributed by atoms with van der Waals surface area (Å²) < 4.78 is 11.4.